The first-order valence-electron chi connectivity index (χ1n) is 6.02. The number of carbonyl (C=O) groups is 2. The number of carbonyl (C=O) groups excluding carboxylic acids is 1. The molecule has 0 radical (unpaired) electrons. The van der Waals surface area contributed by atoms with E-state index in [2.05, 4.69) is 5.32 Å². The predicted molar refractivity (Wildman–Crippen MR) is 61.2 cm³/mol. The summed E-state index contributed by atoms with van der Waals surface area (Å²) in [5.74, 6) is -1.26. The number of nitrogens with one attached hydrogen (secondary N) is 1. The first kappa shape index (κ1) is 13.3. The van der Waals surface area contributed by atoms with Gasteiger partial charge in [-0.3, -0.25) is 4.79 Å². The molecule has 2 aliphatic heterocycles. The van der Waals surface area contributed by atoms with Gasteiger partial charge in [-0.2, -0.15) is 0 Å². The molecule has 2 rings (SSSR count). The number of hydrogen-bond acceptors (Lipinski definition) is 5. The summed E-state index contributed by atoms with van der Waals surface area (Å²) in [7, 11) is 1.52. The van der Waals surface area contributed by atoms with Gasteiger partial charge in [-0.05, 0) is 0 Å². The molecule has 7 nitrogen and oxygen atoms in total. The lowest BCUT2D eigenvalue weighted by Gasteiger charge is -2.29. The molecule has 3 unspecified atom stereocenters. The van der Waals surface area contributed by atoms with Crippen LogP contribution in [0, 0.1) is 0 Å². The van der Waals surface area contributed by atoms with Gasteiger partial charge in [0.1, 0.15) is 12.1 Å². The molecule has 0 bridgehead atoms. The normalized spacial score (nSPS) is 32.5. The fourth-order valence-electron chi connectivity index (χ4n) is 2.35. The van der Waals surface area contributed by atoms with E-state index in [9.17, 15) is 9.59 Å². The molecule has 3 atom stereocenters. The summed E-state index contributed by atoms with van der Waals surface area (Å²) in [6.45, 7) is 1.92. The summed E-state index contributed by atoms with van der Waals surface area (Å²) in [5, 5.41) is 12.2. The highest BCUT2D eigenvalue weighted by Crippen LogP contribution is 2.22. The van der Waals surface area contributed by atoms with Gasteiger partial charge >= 0.3 is 5.97 Å². The molecule has 0 aromatic heterocycles. The first-order valence-corrected chi connectivity index (χ1v) is 6.02. The molecule has 0 spiro atoms. The van der Waals surface area contributed by atoms with Crippen molar-refractivity contribution in [3.8, 4) is 0 Å². The van der Waals surface area contributed by atoms with Gasteiger partial charge in [0.25, 0.3) is 5.91 Å². The Balaban J connectivity index is 2.04. The van der Waals surface area contributed by atoms with Gasteiger partial charge in [0, 0.05) is 33.2 Å². The summed E-state index contributed by atoms with van der Waals surface area (Å²) in [6, 6.07) is -0.812. The van der Waals surface area contributed by atoms with E-state index < -0.39 is 18.1 Å². The lowest BCUT2D eigenvalue weighted by atomic mass is 10.2. The number of aliphatic carboxylic acids is 1. The van der Waals surface area contributed by atoms with Crippen LogP contribution in [-0.2, 0) is 19.1 Å². The third-order valence-electron chi connectivity index (χ3n) is 3.37. The minimum absolute atomic E-state index is 0.216. The molecule has 0 aliphatic carbocycles. The van der Waals surface area contributed by atoms with Gasteiger partial charge in [0.15, 0.2) is 0 Å². The first-order chi connectivity index (χ1) is 8.63. The highest BCUT2D eigenvalue weighted by molar-refractivity contribution is 5.87. The zero-order valence-electron chi connectivity index (χ0n) is 10.3. The van der Waals surface area contributed by atoms with Crippen molar-refractivity contribution in [2.24, 2.45) is 0 Å². The molecule has 0 aromatic carbocycles. The monoisotopic (exact) mass is 258 g/mol. The summed E-state index contributed by atoms with van der Waals surface area (Å²) in [5.41, 5.74) is 0. The molecule has 2 saturated heterocycles. The van der Waals surface area contributed by atoms with E-state index >= 15 is 0 Å². The number of morpholine rings is 1. The van der Waals surface area contributed by atoms with Crippen LogP contribution in [0.1, 0.15) is 6.42 Å². The Morgan fingerprint density at radius 3 is 2.83 bits per heavy atom. The highest BCUT2D eigenvalue weighted by atomic mass is 16.5. The Morgan fingerprint density at radius 2 is 2.28 bits per heavy atom. The lowest BCUT2D eigenvalue weighted by molar-refractivity contribution is -0.154. The summed E-state index contributed by atoms with van der Waals surface area (Å²) in [6.07, 6.45) is -0.472. The van der Waals surface area contributed by atoms with Crippen LogP contribution in [0.3, 0.4) is 0 Å². The predicted octanol–water partition coefficient (Wildman–Crippen LogP) is -1.32. The molecule has 2 aliphatic rings. The minimum atomic E-state index is -0.994. The van der Waals surface area contributed by atoms with Gasteiger partial charge in [-0.15, -0.1) is 0 Å². The van der Waals surface area contributed by atoms with Crippen LogP contribution in [0.4, 0.5) is 0 Å². The molecule has 2 heterocycles. The molecule has 2 fully saturated rings. The van der Waals surface area contributed by atoms with Gasteiger partial charge < -0.3 is 24.8 Å². The Morgan fingerprint density at radius 1 is 1.50 bits per heavy atom. The zero-order valence-corrected chi connectivity index (χ0v) is 10.3. The molecule has 0 saturated carbocycles. The smallest absolute Gasteiger partial charge is 0.326 e. The maximum atomic E-state index is 12.2. The average molecular weight is 258 g/mol. The Labute approximate surface area is 105 Å². The average Bonchev–Trinajstić information content (AvgIpc) is 2.83. The van der Waals surface area contributed by atoms with Crippen molar-refractivity contribution < 1.29 is 24.2 Å². The molecular weight excluding hydrogens is 240 g/mol. The van der Waals surface area contributed by atoms with Crippen molar-refractivity contribution in [1.82, 2.24) is 10.2 Å². The highest BCUT2D eigenvalue weighted by Gasteiger charge is 2.42. The Kier molecular flexibility index (Phi) is 4.15. The van der Waals surface area contributed by atoms with E-state index in [0.717, 1.165) is 0 Å². The number of methoxy groups -OCH3 is 1. The van der Waals surface area contributed by atoms with Crippen LogP contribution in [0.15, 0.2) is 0 Å². The maximum absolute atomic E-state index is 12.2. The van der Waals surface area contributed by atoms with E-state index in [0.29, 0.717) is 32.7 Å². The van der Waals surface area contributed by atoms with E-state index in [1.165, 1.54) is 12.0 Å². The number of amides is 1. The fourth-order valence-corrected chi connectivity index (χ4v) is 2.35. The van der Waals surface area contributed by atoms with E-state index in [-0.39, 0.29) is 12.0 Å². The van der Waals surface area contributed by atoms with Crippen molar-refractivity contribution >= 4 is 11.9 Å². The largest absolute Gasteiger partial charge is 0.480 e. The number of hydrogen-bond donors (Lipinski definition) is 2. The van der Waals surface area contributed by atoms with Gasteiger partial charge in [0.05, 0.1) is 12.7 Å². The maximum Gasteiger partial charge on any atom is 0.326 e. The molecule has 0 aromatic rings. The SMILES string of the molecule is COC1CC(C(=O)O)N(C(=O)C2CNCCO2)C1. The third kappa shape index (κ3) is 2.63. The number of rotatable bonds is 3. The van der Waals surface area contributed by atoms with E-state index in [1.807, 2.05) is 0 Å². The van der Waals surface area contributed by atoms with Crippen molar-refractivity contribution in [3.63, 3.8) is 0 Å². The van der Waals surface area contributed by atoms with Crippen molar-refractivity contribution in [2.75, 3.05) is 33.4 Å². The number of carboxylic acids is 1. The quantitative estimate of drug-likeness (QED) is 0.652. The van der Waals surface area contributed by atoms with E-state index in [1.54, 1.807) is 0 Å². The van der Waals surface area contributed by atoms with Gasteiger partial charge in [0.2, 0.25) is 0 Å². The minimum Gasteiger partial charge on any atom is -0.480 e. The molecular formula is C11H18N2O5. The molecule has 18 heavy (non-hydrogen) atoms. The van der Waals surface area contributed by atoms with Crippen molar-refractivity contribution in [1.29, 1.82) is 0 Å². The van der Waals surface area contributed by atoms with Crippen LogP contribution in [0.5, 0.6) is 0 Å². The standard InChI is InChI=1S/C11H18N2O5/c1-17-7-4-8(11(15)16)13(6-7)10(14)9-5-12-2-3-18-9/h7-9,12H,2-6H2,1H3,(H,15,16). The Bertz CT molecular complexity index is 329. The fraction of sp³-hybridized carbons (Fsp3) is 0.818. The summed E-state index contributed by atoms with van der Waals surface area (Å²) >= 11 is 0. The topological polar surface area (TPSA) is 88.1 Å². The van der Waals surface area contributed by atoms with Crippen molar-refractivity contribution in [2.45, 2.75) is 24.7 Å². The van der Waals surface area contributed by atoms with Crippen LogP contribution in [-0.4, -0.2) is 73.5 Å². The second kappa shape index (κ2) is 5.64. The molecule has 1 amide bonds. The third-order valence-corrected chi connectivity index (χ3v) is 3.37. The van der Waals surface area contributed by atoms with Gasteiger partial charge in [-0.1, -0.05) is 0 Å². The lowest BCUT2D eigenvalue weighted by Crippen LogP contribution is -2.52. The number of likely N-dealkylation sites (tertiary alicyclic amines) is 1. The summed E-state index contributed by atoms with van der Waals surface area (Å²) in [4.78, 5) is 24.7. The van der Waals surface area contributed by atoms with Crippen LogP contribution in [0.25, 0.3) is 0 Å². The van der Waals surface area contributed by atoms with Gasteiger partial charge in [-0.25, -0.2) is 4.79 Å². The Hall–Kier alpha value is -1.18. The van der Waals surface area contributed by atoms with E-state index in [4.69, 9.17) is 14.6 Å². The van der Waals surface area contributed by atoms with Crippen LogP contribution < -0.4 is 5.32 Å². The molecule has 7 heteroatoms. The molecule has 102 valence electrons. The van der Waals surface area contributed by atoms with Crippen LogP contribution in [0.2, 0.25) is 0 Å². The second-order valence-corrected chi connectivity index (χ2v) is 4.50. The second-order valence-electron chi connectivity index (χ2n) is 4.50. The number of nitrogens with zero attached hydrogens (tertiary/aromatic N) is 1. The summed E-state index contributed by atoms with van der Waals surface area (Å²) < 4.78 is 10.5. The van der Waals surface area contributed by atoms with Crippen molar-refractivity contribution in [3.05, 3.63) is 0 Å². The number of carboxylic acid groups (broad SMARTS) is 1. The number of ether oxygens (including phenoxy) is 2. The van der Waals surface area contributed by atoms with Crippen LogP contribution >= 0.6 is 0 Å². The molecule has 2 N–H and O–H groups in total. The zero-order chi connectivity index (χ0) is 13.1.